The highest BCUT2D eigenvalue weighted by Gasteiger charge is 2.41. The van der Waals surface area contributed by atoms with Crippen molar-refractivity contribution in [2.24, 2.45) is 5.73 Å². The van der Waals surface area contributed by atoms with Crippen molar-refractivity contribution in [2.45, 2.75) is 50.7 Å². The topological polar surface area (TPSA) is 103 Å². The van der Waals surface area contributed by atoms with Gasteiger partial charge in [0.2, 0.25) is 5.91 Å². The largest absolute Gasteiger partial charge is 0.412 e. The average Bonchev–Trinajstić information content (AvgIpc) is 3.04. The molecule has 2 unspecified atom stereocenters. The van der Waals surface area contributed by atoms with Gasteiger partial charge in [-0.05, 0) is 56.2 Å². The number of anilines is 2. The predicted molar refractivity (Wildman–Crippen MR) is 132 cm³/mol. The van der Waals surface area contributed by atoms with E-state index in [0.717, 1.165) is 48.5 Å². The zero-order valence-corrected chi connectivity index (χ0v) is 20.0. The van der Waals surface area contributed by atoms with Crippen molar-refractivity contribution >= 4 is 23.2 Å². The Morgan fingerprint density at radius 3 is 2.83 bits per heavy atom. The van der Waals surface area contributed by atoms with E-state index in [1.54, 1.807) is 11.0 Å². The van der Waals surface area contributed by atoms with Crippen LogP contribution < -0.4 is 26.6 Å². The highest BCUT2D eigenvalue weighted by molar-refractivity contribution is 5.97. The van der Waals surface area contributed by atoms with Crippen LogP contribution in [0.25, 0.3) is 0 Å². The van der Waals surface area contributed by atoms with Gasteiger partial charge in [-0.1, -0.05) is 18.2 Å². The molecular formula is C25H31F3N6O2. The lowest BCUT2D eigenvalue weighted by Gasteiger charge is -2.37. The van der Waals surface area contributed by atoms with E-state index >= 15 is 0 Å². The van der Waals surface area contributed by atoms with Gasteiger partial charge in [0.25, 0.3) is 5.91 Å². The molecule has 0 spiro atoms. The number of aryl methyl sites for hydroxylation is 1. The number of rotatable bonds is 5. The van der Waals surface area contributed by atoms with Gasteiger partial charge in [0.1, 0.15) is 6.04 Å². The van der Waals surface area contributed by atoms with Crippen LogP contribution in [0.2, 0.25) is 0 Å². The summed E-state index contributed by atoms with van der Waals surface area (Å²) in [4.78, 5) is 29.6. The molecule has 36 heavy (non-hydrogen) atoms. The van der Waals surface area contributed by atoms with Crippen molar-refractivity contribution in [3.05, 3.63) is 59.8 Å². The van der Waals surface area contributed by atoms with Gasteiger partial charge >= 0.3 is 6.18 Å². The highest BCUT2D eigenvalue weighted by Crippen LogP contribution is 2.39. The van der Waals surface area contributed by atoms with E-state index < -0.39 is 24.4 Å². The van der Waals surface area contributed by atoms with Gasteiger partial charge in [-0.15, -0.1) is 0 Å². The Labute approximate surface area is 208 Å². The molecule has 8 nitrogen and oxygen atoms in total. The van der Waals surface area contributed by atoms with Crippen molar-refractivity contribution in [1.29, 1.82) is 0 Å². The first-order chi connectivity index (χ1) is 17.2. The van der Waals surface area contributed by atoms with E-state index in [0.29, 0.717) is 13.1 Å². The van der Waals surface area contributed by atoms with E-state index in [1.807, 2.05) is 30.0 Å². The summed E-state index contributed by atoms with van der Waals surface area (Å²) in [6.07, 6.45) is 3.75. The van der Waals surface area contributed by atoms with E-state index in [-0.39, 0.29) is 24.1 Å². The lowest BCUT2D eigenvalue weighted by molar-refractivity contribution is -0.142. The van der Waals surface area contributed by atoms with Crippen molar-refractivity contribution in [3.8, 4) is 0 Å². The third-order valence-corrected chi connectivity index (χ3v) is 6.58. The molecular weight excluding hydrogens is 473 g/mol. The summed E-state index contributed by atoms with van der Waals surface area (Å²) in [6, 6.07) is 3.71. The number of fused-ring (bicyclic) bond motifs is 1. The van der Waals surface area contributed by atoms with Crippen LogP contribution in [0.3, 0.4) is 0 Å². The first-order valence-corrected chi connectivity index (χ1v) is 12.0. The van der Waals surface area contributed by atoms with Crippen LogP contribution in [0.15, 0.2) is 54.3 Å². The lowest BCUT2D eigenvalue weighted by Crippen LogP contribution is -2.56. The van der Waals surface area contributed by atoms with Crippen LogP contribution in [0, 0.1) is 6.92 Å². The summed E-state index contributed by atoms with van der Waals surface area (Å²) in [5.74, 6) is -0.740. The van der Waals surface area contributed by atoms with Crippen LogP contribution in [-0.2, 0) is 9.59 Å². The zero-order chi connectivity index (χ0) is 25.9. The molecule has 3 aliphatic rings. The fraction of sp³-hybridized carbons (Fsp3) is 0.440. The molecule has 1 aromatic carbocycles. The molecule has 3 aliphatic heterocycles. The van der Waals surface area contributed by atoms with Gasteiger partial charge in [0, 0.05) is 31.3 Å². The maximum Gasteiger partial charge on any atom is 0.412 e. The van der Waals surface area contributed by atoms with Gasteiger partial charge in [-0.25, -0.2) is 0 Å². The van der Waals surface area contributed by atoms with Gasteiger partial charge in [0.05, 0.1) is 17.4 Å². The van der Waals surface area contributed by atoms with E-state index in [4.69, 9.17) is 5.73 Å². The monoisotopic (exact) mass is 504 g/mol. The number of benzene rings is 1. The van der Waals surface area contributed by atoms with E-state index in [2.05, 4.69) is 16.0 Å². The van der Waals surface area contributed by atoms with Gasteiger partial charge in [0.15, 0.2) is 6.29 Å². The Morgan fingerprint density at radius 2 is 2.08 bits per heavy atom. The summed E-state index contributed by atoms with van der Waals surface area (Å²) in [5, 5.41) is 8.39. The fourth-order valence-electron chi connectivity index (χ4n) is 4.86. The van der Waals surface area contributed by atoms with Crippen LogP contribution in [0.1, 0.15) is 24.8 Å². The smallest absolute Gasteiger partial charge is 0.377 e. The molecule has 0 radical (unpaired) electrons. The summed E-state index contributed by atoms with van der Waals surface area (Å²) >= 11 is 0. The van der Waals surface area contributed by atoms with Crippen LogP contribution in [0.4, 0.5) is 24.5 Å². The highest BCUT2D eigenvalue weighted by atomic mass is 19.4. The van der Waals surface area contributed by atoms with Crippen LogP contribution in [-0.4, -0.2) is 60.9 Å². The molecule has 1 aromatic rings. The summed E-state index contributed by atoms with van der Waals surface area (Å²) in [7, 11) is 0. The minimum Gasteiger partial charge on any atom is -0.377 e. The molecule has 0 aromatic heterocycles. The number of halogens is 3. The molecule has 11 heteroatoms. The van der Waals surface area contributed by atoms with Gasteiger partial charge < -0.3 is 31.5 Å². The molecule has 0 bridgehead atoms. The normalized spacial score (nSPS) is 24.0. The summed E-state index contributed by atoms with van der Waals surface area (Å²) in [6.45, 7) is 3.30. The minimum atomic E-state index is -4.52. The predicted octanol–water partition coefficient (Wildman–Crippen LogP) is 2.50. The third kappa shape index (κ3) is 5.51. The number of carbonyl (C=O) groups excluding carboxylic acids is 2. The number of para-hydroxylation sites is 1. The Balaban J connectivity index is 1.60. The van der Waals surface area contributed by atoms with E-state index in [9.17, 15) is 22.8 Å². The Bertz CT molecular complexity index is 1080. The van der Waals surface area contributed by atoms with E-state index in [1.165, 1.54) is 12.2 Å². The standard InChI is InChI=1S/C25H31F3N6O2/c1-16-6-4-8-19-22(16)34(18-7-2-3-13-33(15-18)21(35)9-5-11-29)24(31-19)32-23(36)17-10-12-30-20(14-17)25(26,27)28/h4-6,8-10,12,14,18,20,24,30-31H,2-3,7,11,13,15,29H2,1H3,(H,32,36)/b9-5+/t18-,20?,24?/m1/s1. The molecule has 4 rings (SSSR count). The third-order valence-electron chi connectivity index (χ3n) is 6.58. The van der Waals surface area contributed by atoms with Gasteiger partial charge in [-0.2, -0.15) is 13.2 Å². The first-order valence-electron chi connectivity index (χ1n) is 12.0. The fourth-order valence-corrected chi connectivity index (χ4v) is 4.86. The van der Waals surface area contributed by atoms with Crippen molar-refractivity contribution in [2.75, 3.05) is 29.9 Å². The number of nitrogens with zero attached hydrogens (tertiary/aromatic N) is 2. The average molecular weight is 505 g/mol. The molecule has 5 N–H and O–H groups in total. The quantitative estimate of drug-likeness (QED) is 0.460. The van der Waals surface area contributed by atoms with Crippen LogP contribution >= 0.6 is 0 Å². The number of hydrogen-bond donors (Lipinski definition) is 4. The number of nitrogens with one attached hydrogen (secondary N) is 3. The maximum absolute atomic E-state index is 13.2. The number of dihydropyridines is 1. The van der Waals surface area contributed by atoms with Crippen molar-refractivity contribution in [1.82, 2.24) is 15.5 Å². The molecule has 3 heterocycles. The molecule has 1 fully saturated rings. The van der Waals surface area contributed by atoms with Crippen molar-refractivity contribution < 1.29 is 22.8 Å². The number of alkyl halides is 3. The first kappa shape index (κ1) is 25.6. The van der Waals surface area contributed by atoms with Gasteiger partial charge in [-0.3, -0.25) is 9.59 Å². The Morgan fingerprint density at radius 1 is 1.28 bits per heavy atom. The Kier molecular flexibility index (Phi) is 7.58. The zero-order valence-electron chi connectivity index (χ0n) is 20.0. The minimum absolute atomic E-state index is 0.0740. The van der Waals surface area contributed by atoms with Crippen molar-refractivity contribution in [3.63, 3.8) is 0 Å². The SMILES string of the molecule is Cc1cccc2c1N([C@@H]1CCCCN(C(=O)/C=C/CN)C1)C(NC(=O)C1=CC(C(F)(F)F)NC=C1)N2. The molecule has 0 saturated carbocycles. The number of likely N-dealkylation sites (tertiary alicyclic amines) is 1. The second-order valence-electron chi connectivity index (χ2n) is 9.11. The Hall–Kier alpha value is -3.47. The summed E-state index contributed by atoms with van der Waals surface area (Å²) < 4.78 is 39.6. The maximum atomic E-state index is 13.2. The lowest BCUT2D eigenvalue weighted by atomic mass is 10.1. The number of amides is 2. The molecule has 0 aliphatic carbocycles. The number of hydrogen-bond acceptors (Lipinski definition) is 6. The number of carbonyl (C=O) groups is 2. The molecule has 2 amide bonds. The molecule has 1 saturated heterocycles. The molecule has 194 valence electrons. The summed E-state index contributed by atoms with van der Waals surface area (Å²) in [5.41, 5.74) is 8.13. The second-order valence-corrected chi connectivity index (χ2v) is 9.11. The number of nitrogens with two attached hydrogens (primary N) is 1. The van der Waals surface area contributed by atoms with Crippen LogP contribution in [0.5, 0.6) is 0 Å². The second kappa shape index (κ2) is 10.7. The molecule has 3 atom stereocenters.